The molecule has 1 saturated heterocycles. The maximum Gasteiger partial charge on any atom is 0.294 e. The Bertz CT molecular complexity index is 878. The highest BCUT2D eigenvalue weighted by Gasteiger charge is 2.36. The Hall–Kier alpha value is -1.73. The zero-order chi connectivity index (χ0) is 18.0. The van der Waals surface area contributed by atoms with E-state index in [1.165, 1.54) is 23.3 Å². The van der Waals surface area contributed by atoms with Gasteiger partial charge in [0, 0.05) is 25.2 Å². The molecule has 0 saturated carbocycles. The highest BCUT2D eigenvalue weighted by molar-refractivity contribution is 7.85. The van der Waals surface area contributed by atoms with Crippen LogP contribution in [0.5, 0.6) is 0 Å². The third-order valence-electron chi connectivity index (χ3n) is 4.43. The van der Waals surface area contributed by atoms with Crippen molar-refractivity contribution in [3.63, 3.8) is 0 Å². The fourth-order valence-electron chi connectivity index (χ4n) is 3.02. The Balaban J connectivity index is 0.000000151. The normalized spacial score (nSPS) is 21.5. The molecular formula is C18H19ClN2O3S. The molecule has 1 aromatic heterocycles. The first-order valence-corrected chi connectivity index (χ1v) is 9.75. The molecule has 2 aliphatic rings. The minimum absolute atomic E-state index is 0.0666. The van der Waals surface area contributed by atoms with E-state index < -0.39 is 10.1 Å². The van der Waals surface area contributed by atoms with E-state index in [1.54, 1.807) is 12.1 Å². The third-order valence-corrected chi connectivity index (χ3v) is 5.53. The van der Waals surface area contributed by atoms with Gasteiger partial charge in [0.15, 0.2) is 0 Å². The Morgan fingerprint density at radius 1 is 1.16 bits per heavy atom. The molecule has 1 fully saturated rings. The third kappa shape index (κ3) is 4.27. The highest BCUT2D eigenvalue weighted by Crippen LogP contribution is 2.42. The maximum atomic E-state index is 10.5. The van der Waals surface area contributed by atoms with Crippen LogP contribution in [0, 0.1) is 18.8 Å². The van der Waals surface area contributed by atoms with Crippen LogP contribution in [0.4, 0.5) is 0 Å². The first-order chi connectivity index (χ1) is 11.8. The van der Waals surface area contributed by atoms with Crippen LogP contribution in [-0.2, 0) is 10.1 Å². The van der Waals surface area contributed by atoms with Crippen LogP contribution >= 0.6 is 11.6 Å². The standard InChI is InChI=1S/C11H11ClN2.C7H8O3S/c12-11-2-1-7(5-14-11)9-3-8-4-13-6-10(8)9;1-6-2-4-7(5-3-6)11(8,9)10/h1-3,5,8,10,13H,4,6H2;2-5H,1H3,(H,8,9,10)/t8-,10+;/m0./s1. The van der Waals surface area contributed by atoms with Gasteiger partial charge in [0.25, 0.3) is 10.1 Å². The molecule has 25 heavy (non-hydrogen) atoms. The first kappa shape index (κ1) is 18.1. The molecular weight excluding hydrogens is 360 g/mol. The lowest BCUT2D eigenvalue weighted by Crippen LogP contribution is -2.21. The van der Waals surface area contributed by atoms with E-state index in [9.17, 15) is 8.42 Å². The molecule has 0 spiro atoms. The number of halogens is 1. The predicted octanol–water partition coefficient (Wildman–Crippen LogP) is 3.21. The van der Waals surface area contributed by atoms with Crippen LogP contribution in [0.3, 0.4) is 0 Å². The number of pyridine rings is 1. The van der Waals surface area contributed by atoms with Crippen LogP contribution in [0.2, 0.25) is 5.15 Å². The van der Waals surface area contributed by atoms with Gasteiger partial charge in [-0.15, -0.1) is 0 Å². The molecule has 1 aromatic carbocycles. The summed E-state index contributed by atoms with van der Waals surface area (Å²) in [5.74, 6) is 1.46. The van der Waals surface area contributed by atoms with Gasteiger partial charge in [0.1, 0.15) is 5.15 Å². The number of hydrogen-bond acceptors (Lipinski definition) is 4. The molecule has 0 radical (unpaired) electrons. The van der Waals surface area contributed by atoms with Crippen molar-refractivity contribution >= 4 is 27.3 Å². The van der Waals surface area contributed by atoms with Crippen LogP contribution in [-0.4, -0.2) is 31.0 Å². The van der Waals surface area contributed by atoms with Gasteiger partial charge in [-0.1, -0.05) is 41.4 Å². The Morgan fingerprint density at radius 2 is 1.88 bits per heavy atom. The lowest BCUT2D eigenvalue weighted by atomic mass is 9.74. The predicted molar refractivity (Wildman–Crippen MR) is 98.1 cm³/mol. The number of nitrogens with zero attached hydrogens (tertiary/aromatic N) is 1. The molecule has 1 aliphatic heterocycles. The summed E-state index contributed by atoms with van der Waals surface area (Å²) < 4.78 is 29.6. The van der Waals surface area contributed by atoms with Gasteiger partial charge >= 0.3 is 0 Å². The average Bonchev–Trinajstić information content (AvgIpc) is 2.90. The number of benzene rings is 1. The van der Waals surface area contributed by atoms with Crippen molar-refractivity contribution in [1.29, 1.82) is 0 Å². The van der Waals surface area contributed by atoms with Gasteiger partial charge in [0.2, 0.25) is 0 Å². The Labute approximate surface area is 152 Å². The monoisotopic (exact) mass is 378 g/mol. The summed E-state index contributed by atoms with van der Waals surface area (Å²) in [6.07, 6.45) is 4.21. The number of nitrogens with one attached hydrogen (secondary N) is 1. The number of aryl methyl sites for hydroxylation is 1. The Kier molecular flexibility index (Phi) is 5.24. The van der Waals surface area contributed by atoms with Gasteiger partial charge in [0.05, 0.1) is 4.90 Å². The van der Waals surface area contributed by atoms with Crippen LogP contribution in [0.1, 0.15) is 11.1 Å². The zero-order valence-corrected chi connectivity index (χ0v) is 15.3. The van der Waals surface area contributed by atoms with E-state index in [0.717, 1.165) is 24.6 Å². The summed E-state index contributed by atoms with van der Waals surface area (Å²) >= 11 is 5.75. The van der Waals surface area contributed by atoms with Gasteiger partial charge in [-0.25, -0.2) is 4.98 Å². The van der Waals surface area contributed by atoms with E-state index in [0.29, 0.717) is 11.1 Å². The molecule has 2 heterocycles. The van der Waals surface area contributed by atoms with Crippen molar-refractivity contribution in [3.05, 3.63) is 65.0 Å². The molecule has 2 atom stereocenters. The molecule has 0 bridgehead atoms. The van der Waals surface area contributed by atoms with Crippen LogP contribution < -0.4 is 5.32 Å². The zero-order valence-electron chi connectivity index (χ0n) is 13.7. The average molecular weight is 379 g/mol. The molecule has 0 unspecified atom stereocenters. The summed E-state index contributed by atoms with van der Waals surface area (Å²) in [6.45, 7) is 4.09. The minimum Gasteiger partial charge on any atom is -0.315 e. The van der Waals surface area contributed by atoms with Crippen molar-refractivity contribution in [1.82, 2.24) is 10.3 Å². The van der Waals surface area contributed by atoms with Gasteiger partial charge in [-0.2, -0.15) is 8.42 Å². The van der Waals surface area contributed by atoms with Crippen molar-refractivity contribution in [3.8, 4) is 0 Å². The Morgan fingerprint density at radius 3 is 2.44 bits per heavy atom. The molecule has 132 valence electrons. The van der Waals surface area contributed by atoms with Crippen LogP contribution in [0.15, 0.2) is 53.6 Å². The number of hydrogen-bond donors (Lipinski definition) is 2. The minimum atomic E-state index is -4.02. The molecule has 7 heteroatoms. The molecule has 4 rings (SSSR count). The second-order valence-electron chi connectivity index (χ2n) is 6.21. The second-order valence-corrected chi connectivity index (χ2v) is 8.02. The molecule has 1 aliphatic carbocycles. The smallest absolute Gasteiger partial charge is 0.294 e. The van der Waals surface area contributed by atoms with E-state index in [1.807, 2.05) is 19.2 Å². The van der Waals surface area contributed by atoms with Gasteiger partial charge in [-0.05, 0) is 42.2 Å². The number of aromatic nitrogens is 1. The van der Waals surface area contributed by atoms with Crippen molar-refractivity contribution in [2.75, 3.05) is 13.1 Å². The van der Waals surface area contributed by atoms with Crippen LogP contribution in [0.25, 0.3) is 5.57 Å². The SMILES string of the molecule is Cc1ccc(S(=O)(=O)O)cc1.Clc1ccc(C2=C[C@H]3CNC[C@@H]23)cn1. The fraction of sp³-hybridized carbons (Fsp3) is 0.278. The van der Waals surface area contributed by atoms with E-state index in [-0.39, 0.29) is 4.90 Å². The molecule has 2 aromatic rings. The van der Waals surface area contributed by atoms with Crippen molar-refractivity contribution < 1.29 is 13.0 Å². The second kappa shape index (κ2) is 7.25. The van der Waals surface area contributed by atoms with Gasteiger partial charge < -0.3 is 5.32 Å². The number of fused-ring (bicyclic) bond motifs is 1. The largest absolute Gasteiger partial charge is 0.315 e. The van der Waals surface area contributed by atoms with Gasteiger partial charge in [-0.3, -0.25) is 4.55 Å². The van der Waals surface area contributed by atoms with E-state index in [2.05, 4.69) is 22.4 Å². The lowest BCUT2D eigenvalue weighted by Gasteiger charge is -2.29. The maximum absolute atomic E-state index is 10.5. The summed E-state index contributed by atoms with van der Waals surface area (Å²) in [7, 11) is -4.02. The first-order valence-electron chi connectivity index (χ1n) is 7.93. The lowest BCUT2D eigenvalue weighted by molar-refractivity contribution is 0.483. The topological polar surface area (TPSA) is 79.3 Å². The van der Waals surface area contributed by atoms with Crippen molar-refractivity contribution in [2.24, 2.45) is 11.8 Å². The summed E-state index contributed by atoms with van der Waals surface area (Å²) in [5.41, 5.74) is 3.61. The fourth-order valence-corrected chi connectivity index (χ4v) is 3.61. The van der Waals surface area contributed by atoms with E-state index in [4.69, 9.17) is 16.2 Å². The highest BCUT2D eigenvalue weighted by atomic mass is 35.5. The summed E-state index contributed by atoms with van der Waals surface area (Å²) in [6, 6.07) is 9.89. The summed E-state index contributed by atoms with van der Waals surface area (Å²) in [5, 5.41) is 3.96. The van der Waals surface area contributed by atoms with Crippen molar-refractivity contribution in [2.45, 2.75) is 11.8 Å². The molecule has 0 amide bonds. The molecule has 5 nitrogen and oxygen atoms in total. The number of rotatable bonds is 2. The quantitative estimate of drug-likeness (QED) is 0.619. The van der Waals surface area contributed by atoms with E-state index >= 15 is 0 Å². The molecule has 2 N–H and O–H groups in total. The summed E-state index contributed by atoms with van der Waals surface area (Å²) in [4.78, 5) is 4.03.